The van der Waals surface area contributed by atoms with Gasteiger partial charge in [0.2, 0.25) is 0 Å². The largest absolute Gasteiger partial charge is 0.394 e. The van der Waals surface area contributed by atoms with Crippen molar-refractivity contribution in [3.8, 4) is 0 Å². The molecule has 3 heteroatoms. The number of anilines is 1. The molecule has 0 saturated heterocycles. The van der Waals surface area contributed by atoms with Gasteiger partial charge < -0.3 is 10.4 Å². The van der Waals surface area contributed by atoms with Gasteiger partial charge in [-0.25, -0.2) is 4.98 Å². The number of pyridine rings is 1. The van der Waals surface area contributed by atoms with E-state index in [1.165, 1.54) is 18.2 Å². The summed E-state index contributed by atoms with van der Waals surface area (Å²) in [6.07, 6.45) is 6.28. The second kappa shape index (κ2) is 5.41. The number of nitrogens with zero attached hydrogens (tertiary/aromatic N) is 1. The van der Waals surface area contributed by atoms with E-state index in [4.69, 9.17) is 0 Å². The van der Waals surface area contributed by atoms with Crippen LogP contribution in [0.1, 0.15) is 32.6 Å². The van der Waals surface area contributed by atoms with Crippen molar-refractivity contribution in [2.45, 2.75) is 38.1 Å². The molecular weight excluding hydrogens is 248 g/mol. The Kier molecular flexibility index (Phi) is 3.62. The molecule has 1 fully saturated rings. The summed E-state index contributed by atoms with van der Waals surface area (Å²) in [5, 5.41) is 15.8. The van der Waals surface area contributed by atoms with Crippen LogP contribution in [0.4, 0.5) is 5.82 Å². The number of aliphatic hydroxyl groups excluding tert-OH is 1. The first-order chi connectivity index (χ1) is 9.72. The van der Waals surface area contributed by atoms with Crippen LogP contribution in [0.2, 0.25) is 0 Å². The first-order valence-corrected chi connectivity index (χ1v) is 7.45. The number of nitrogens with one attached hydrogen (secondary N) is 1. The third kappa shape index (κ3) is 2.50. The number of rotatable bonds is 3. The Morgan fingerprint density at radius 3 is 3.00 bits per heavy atom. The molecule has 1 aliphatic carbocycles. The van der Waals surface area contributed by atoms with Gasteiger partial charge in [0.15, 0.2) is 0 Å². The summed E-state index contributed by atoms with van der Waals surface area (Å²) >= 11 is 0. The number of fused-ring (bicyclic) bond motifs is 1. The van der Waals surface area contributed by atoms with Crippen molar-refractivity contribution in [2.75, 3.05) is 11.9 Å². The highest BCUT2D eigenvalue weighted by Crippen LogP contribution is 2.35. The zero-order valence-electron chi connectivity index (χ0n) is 12.0. The lowest BCUT2D eigenvalue weighted by Gasteiger charge is -2.40. The molecule has 0 bridgehead atoms. The average Bonchev–Trinajstić information content (AvgIpc) is 2.48. The summed E-state index contributed by atoms with van der Waals surface area (Å²) in [4.78, 5) is 4.50. The lowest BCUT2D eigenvalue weighted by Crippen LogP contribution is -2.46. The van der Waals surface area contributed by atoms with Crippen LogP contribution >= 0.6 is 0 Å². The Labute approximate surface area is 120 Å². The zero-order valence-corrected chi connectivity index (χ0v) is 12.0. The van der Waals surface area contributed by atoms with Crippen molar-refractivity contribution >= 4 is 16.6 Å². The lowest BCUT2D eigenvalue weighted by atomic mass is 9.77. The highest BCUT2D eigenvalue weighted by molar-refractivity contribution is 5.91. The van der Waals surface area contributed by atoms with E-state index in [0.717, 1.165) is 24.0 Å². The first-order valence-electron chi connectivity index (χ1n) is 7.45. The Hall–Kier alpha value is -1.61. The van der Waals surface area contributed by atoms with Crippen molar-refractivity contribution in [3.63, 3.8) is 0 Å². The molecule has 2 atom stereocenters. The highest BCUT2D eigenvalue weighted by atomic mass is 16.3. The van der Waals surface area contributed by atoms with E-state index in [1.807, 2.05) is 24.4 Å². The smallest absolute Gasteiger partial charge is 0.134 e. The van der Waals surface area contributed by atoms with Gasteiger partial charge >= 0.3 is 0 Å². The van der Waals surface area contributed by atoms with Crippen molar-refractivity contribution in [2.24, 2.45) is 5.92 Å². The lowest BCUT2D eigenvalue weighted by molar-refractivity contribution is 0.149. The van der Waals surface area contributed by atoms with E-state index in [1.54, 1.807) is 0 Å². The normalized spacial score (nSPS) is 26.6. The second-order valence-corrected chi connectivity index (χ2v) is 6.15. The van der Waals surface area contributed by atoms with Crippen molar-refractivity contribution in [1.29, 1.82) is 0 Å². The molecule has 3 nitrogen and oxygen atoms in total. The number of aliphatic hydroxyl groups is 1. The van der Waals surface area contributed by atoms with Gasteiger partial charge in [0.05, 0.1) is 12.1 Å². The number of aromatic nitrogens is 1. The van der Waals surface area contributed by atoms with Crippen LogP contribution in [-0.4, -0.2) is 22.2 Å². The van der Waals surface area contributed by atoms with Gasteiger partial charge in [-0.05, 0) is 30.2 Å². The number of benzene rings is 1. The molecule has 1 aliphatic rings. The summed E-state index contributed by atoms with van der Waals surface area (Å²) in [6.45, 7) is 2.43. The van der Waals surface area contributed by atoms with Gasteiger partial charge in [0.1, 0.15) is 5.82 Å². The van der Waals surface area contributed by atoms with Crippen molar-refractivity contribution in [1.82, 2.24) is 4.98 Å². The molecule has 0 spiro atoms. The van der Waals surface area contributed by atoms with E-state index in [2.05, 4.69) is 29.4 Å². The van der Waals surface area contributed by atoms with Crippen molar-refractivity contribution < 1.29 is 5.11 Å². The fourth-order valence-electron chi connectivity index (χ4n) is 3.43. The van der Waals surface area contributed by atoms with Crippen LogP contribution in [0, 0.1) is 5.92 Å². The Morgan fingerprint density at radius 2 is 2.20 bits per heavy atom. The number of hydrogen-bond acceptors (Lipinski definition) is 3. The third-order valence-electron chi connectivity index (χ3n) is 4.45. The summed E-state index contributed by atoms with van der Waals surface area (Å²) in [7, 11) is 0. The minimum absolute atomic E-state index is 0.169. The molecule has 106 valence electrons. The van der Waals surface area contributed by atoms with Gasteiger partial charge in [0, 0.05) is 11.6 Å². The SMILES string of the molecule is CC1CCCC(CO)(Nc2nccc3ccccc23)C1. The zero-order chi connectivity index (χ0) is 14.0. The van der Waals surface area contributed by atoms with Crippen LogP contribution in [-0.2, 0) is 0 Å². The molecule has 0 aliphatic heterocycles. The molecule has 1 aromatic carbocycles. The molecule has 1 saturated carbocycles. The standard InChI is InChI=1S/C17H22N2O/c1-13-5-4-9-17(11-13,12-20)19-16-15-7-3-2-6-14(15)8-10-18-16/h2-3,6-8,10,13,20H,4-5,9,11-12H2,1H3,(H,18,19). The summed E-state index contributed by atoms with van der Waals surface area (Å²) < 4.78 is 0. The molecule has 20 heavy (non-hydrogen) atoms. The predicted octanol–water partition coefficient (Wildman–Crippen LogP) is 3.59. The van der Waals surface area contributed by atoms with Crippen LogP contribution in [0.5, 0.6) is 0 Å². The summed E-state index contributed by atoms with van der Waals surface area (Å²) in [6, 6.07) is 10.3. The van der Waals surface area contributed by atoms with Gasteiger partial charge in [-0.3, -0.25) is 0 Å². The summed E-state index contributed by atoms with van der Waals surface area (Å²) in [5.41, 5.74) is -0.214. The van der Waals surface area contributed by atoms with E-state index < -0.39 is 0 Å². The van der Waals surface area contributed by atoms with Gasteiger partial charge in [-0.2, -0.15) is 0 Å². The molecule has 0 radical (unpaired) electrons. The molecule has 1 aromatic heterocycles. The maximum absolute atomic E-state index is 9.90. The monoisotopic (exact) mass is 270 g/mol. The topological polar surface area (TPSA) is 45.1 Å². The molecule has 2 N–H and O–H groups in total. The average molecular weight is 270 g/mol. The molecule has 2 aromatic rings. The van der Waals surface area contributed by atoms with E-state index in [0.29, 0.717) is 5.92 Å². The number of hydrogen-bond donors (Lipinski definition) is 2. The third-order valence-corrected chi connectivity index (χ3v) is 4.45. The van der Waals surface area contributed by atoms with Gasteiger partial charge in [-0.15, -0.1) is 0 Å². The van der Waals surface area contributed by atoms with Crippen molar-refractivity contribution in [3.05, 3.63) is 36.5 Å². The predicted molar refractivity (Wildman–Crippen MR) is 82.8 cm³/mol. The van der Waals surface area contributed by atoms with Crippen LogP contribution < -0.4 is 5.32 Å². The van der Waals surface area contributed by atoms with Crippen LogP contribution in [0.25, 0.3) is 10.8 Å². The van der Waals surface area contributed by atoms with Gasteiger partial charge in [-0.1, -0.05) is 44.0 Å². The van der Waals surface area contributed by atoms with Crippen LogP contribution in [0.15, 0.2) is 36.5 Å². The molecule has 1 heterocycles. The molecular formula is C17H22N2O. The Bertz CT molecular complexity index is 593. The maximum Gasteiger partial charge on any atom is 0.134 e. The molecule has 0 amide bonds. The quantitative estimate of drug-likeness (QED) is 0.896. The van der Waals surface area contributed by atoms with Crippen LogP contribution in [0.3, 0.4) is 0 Å². The first kappa shape index (κ1) is 13.4. The minimum atomic E-state index is -0.214. The maximum atomic E-state index is 9.90. The molecule has 2 unspecified atom stereocenters. The molecule has 3 rings (SSSR count). The summed E-state index contributed by atoms with van der Waals surface area (Å²) in [5.74, 6) is 1.55. The van der Waals surface area contributed by atoms with E-state index in [9.17, 15) is 5.11 Å². The Morgan fingerprint density at radius 1 is 1.35 bits per heavy atom. The fraction of sp³-hybridized carbons (Fsp3) is 0.471. The highest BCUT2D eigenvalue weighted by Gasteiger charge is 2.34. The fourth-order valence-corrected chi connectivity index (χ4v) is 3.43. The van der Waals surface area contributed by atoms with E-state index in [-0.39, 0.29) is 12.1 Å². The minimum Gasteiger partial charge on any atom is -0.394 e. The van der Waals surface area contributed by atoms with E-state index >= 15 is 0 Å². The van der Waals surface area contributed by atoms with Gasteiger partial charge in [0.25, 0.3) is 0 Å². The second-order valence-electron chi connectivity index (χ2n) is 6.15. The Balaban J connectivity index is 1.95.